The molecular weight excluding hydrogens is 320 g/mol. The van der Waals surface area contributed by atoms with E-state index in [-0.39, 0.29) is 23.8 Å². The minimum atomic E-state index is -0.670. The Hall–Kier alpha value is -1.89. The summed E-state index contributed by atoms with van der Waals surface area (Å²) < 4.78 is 5.31. The molecule has 3 amide bonds. The number of carbonyl (C=O) groups excluding carboxylic acids is 2. The van der Waals surface area contributed by atoms with E-state index in [9.17, 15) is 9.59 Å². The third kappa shape index (κ3) is 3.90. The maximum Gasteiger partial charge on any atom is 0.418 e. The van der Waals surface area contributed by atoms with Gasteiger partial charge >= 0.3 is 12.1 Å². The number of aromatic nitrogens is 2. The Kier molecular flexibility index (Phi) is 4.79. The van der Waals surface area contributed by atoms with Gasteiger partial charge in [-0.3, -0.25) is 4.90 Å². The molecule has 1 aliphatic rings. The molecule has 1 unspecified atom stereocenters. The van der Waals surface area contributed by atoms with Crippen LogP contribution in [0.25, 0.3) is 0 Å². The minimum absolute atomic E-state index is 0.0496. The average molecular weight is 341 g/mol. The van der Waals surface area contributed by atoms with Gasteiger partial charge in [-0.25, -0.2) is 24.5 Å². The average Bonchev–Trinajstić information content (AvgIpc) is 2.74. The van der Waals surface area contributed by atoms with Crippen molar-refractivity contribution in [3.8, 4) is 0 Å². The zero-order valence-corrected chi connectivity index (χ0v) is 14.7. The summed E-state index contributed by atoms with van der Waals surface area (Å²) in [5.74, 6) is 0.500. The van der Waals surface area contributed by atoms with E-state index in [1.54, 1.807) is 26.8 Å². The third-order valence-corrected chi connectivity index (χ3v) is 3.56. The van der Waals surface area contributed by atoms with Gasteiger partial charge in [0.1, 0.15) is 11.4 Å². The summed E-state index contributed by atoms with van der Waals surface area (Å²) in [4.78, 5) is 35.5. The van der Waals surface area contributed by atoms with E-state index in [4.69, 9.17) is 16.3 Å². The lowest BCUT2D eigenvalue weighted by Crippen LogP contribution is -2.40. The molecule has 126 valence electrons. The lowest BCUT2D eigenvalue weighted by Gasteiger charge is -2.24. The molecule has 0 N–H and O–H groups in total. The number of ether oxygens (including phenoxy) is 1. The van der Waals surface area contributed by atoms with Gasteiger partial charge in [0.25, 0.3) is 0 Å². The van der Waals surface area contributed by atoms with Gasteiger partial charge in [0.2, 0.25) is 5.28 Å². The van der Waals surface area contributed by atoms with Gasteiger partial charge in [-0.1, -0.05) is 13.8 Å². The van der Waals surface area contributed by atoms with Crippen LogP contribution in [0.5, 0.6) is 0 Å². The number of hydrogen-bond donors (Lipinski definition) is 0. The second-order valence-electron chi connectivity index (χ2n) is 6.74. The Balaban J connectivity index is 2.31. The number of imide groups is 1. The van der Waals surface area contributed by atoms with Crippen LogP contribution in [0.3, 0.4) is 0 Å². The molecule has 1 fully saturated rings. The van der Waals surface area contributed by atoms with Crippen molar-refractivity contribution in [1.82, 2.24) is 14.9 Å². The van der Waals surface area contributed by atoms with Gasteiger partial charge in [-0.2, -0.15) is 0 Å². The highest BCUT2D eigenvalue weighted by Crippen LogP contribution is 2.28. The Morgan fingerprint density at radius 3 is 2.61 bits per heavy atom. The van der Waals surface area contributed by atoms with Gasteiger partial charge < -0.3 is 4.74 Å². The maximum absolute atomic E-state index is 12.7. The van der Waals surface area contributed by atoms with E-state index in [0.717, 1.165) is 4.90 Å². The summed E-state index contributed by atoms with van der Waals surface area (Å²) in [6.07, 6.45) is 0.821. The molecule has 8 heteroatoms. The Labute approximate surface area is 140 Å². The second-order valence-corrected chi connectivity index (χ2v) is 7.08. The molecule has 2 heterocycles. The van der Waals surface area contributed by atoms with Crippen molar-refractivity contribution in [2.45, 2.75) is 46.3 Å². The molecule has 0 bridgehead atoms. The first-order valence-corrected chi connectivity index (χ1v) is 7.80. The van der Waals surface area contributed by atoms with E-state index in [1.807, 2.05) is 13.8 Å². The summed E-state index contributed by atoms with van der Waals surface area (Å²) in [6, 6.07) is 0.922. The van der Waals surface area contributed by atoms with Crippen LogP contribution < -0.4 is 4.90 Å². The molecular formula is C15H21ClN4O3. The zero-order chi connectivity index (χ0) is 17.4. The molecule has 0 saturated carbocycles. The smallest absolute Gasteiger partial charge is 0.418 e. The van der Waals surface area contributed by atoms with Crippen molar-refractivity contribution in [1.29, 1.82) is 0 Å². The van der Waals surface area contributed by atoms with Gasteiger partial charge in [0, 0.05) is 6.20 Å². The molecule has 1 atom stereocenters. The molecule has 23 heavy (non-hydrogen) atoms. The Morgan fingerprint density at radius 1 is 1.43 bits per heavy atom. The largest absolute Gasteiger partial charge is 0.443 e. The van der Waals surface area contributed by atoms with Crippen LogP contribution in [0.2, 0.25) is 5.28 Å². The van der Waals surface area contributed by atoms with Crippen molar-refractivity contribution in [3.63, 3.8) is 0 Å². The van der Waals surface area contributed by atoms with Crippen molar-refractivity contribution < 1.29 is 14.3 Å². The zero-order valence-electron chi connectivity index (χ0n) is 13.9. The number of urea groups is 1. The maximum atomic E-state index is 12.7. The molecule has 7 nitrogen and oxygen atoms in total. The van der Waals surface area contributed by atoms with Crippen LogP contribution in [-0.2, 0) is 4.74 Å². The van der Waals surface area contributed by atoms with Crippen LogP contribution in [0.4, 0.5) is 15.4 Å². The fraction of sp³-hybridized carbons (Fsp3) is 0.600. The topological polar surface area (TPSA) is 75.6 Å². The molecule has 1 aliphatic heterocycles. The number of nitrogens with zero attached hydrogens (tertiary/aromatic N) is 4. The molecule has 0 aromatic carbocycles. The lowest BCUT2D eigenvalue weighted by molar-refractivity contribution is 0.0347. The first-order valence-electron chi connectivity index (χ1n) is 7.42. The number of carbonyl (C=O) groups is 2. The standard InChI is InChI=1S/C15H21ClN4O3/c1-9(2)10-8-19(14(22)23-15(3,4)5)13(21)20(10)11-6-7-17-12(16)18-11/h6-7,9-10H,8H2,1-5H3. The molecule has 0 aliphatic carbocycles. The van der Waals surface area contributed by atoms with Crippen molar-refractivity contribution in [2.24, 2.45) is 5.92 Å². The van der Waals surface area contributed by atoms with Crippen LogP contribution in [0.1, 0.15) is 34.6 Å². The molecule has 2 rings (SSSR count). The lowest BCUT2D eigenvalue weighted by atomic mass is 10.0. The van der Waals surface area contributed by atoms with Gasteiger partial charge in [-0.15, -0.1) is 0 Å². The molecule has 0 spiro atoms. The summed E-state index contributed by atoms with van der Waals surface area (Å²) >= 11 is 5.82. The predicted molar refractivity (Wildman–Crippen MR) is 86.5 cm³/mol. The van der Waals surface area contributed by atoms with E-state index in [1.165, 1.54) is 11.1 Å². The summed E-state index contributed by atoms with van der Waals surface area (Å²) in [5.41, 5.74) is -0.670. The molecule has 1 aromatic rings. The quantitative estimate of drug-likeness (QED) is 0.772. The number of amides is 3. The van der Waals surface area contributed by atoms with Gasteiger partial charge in [0.15, 0.2) is 0 Å². The van der Waals surface area contributed by atoms with Gasteiger partial charge in [-0.05, 0) is 44.4 Å². The minimum Gasteiger partial charge on any atom is -0.443 e. The predicted octanol–water partition coefficient (Wildman–Crippen LogP) is 3.33. The van der Waals surface area contributed by atoms with Crippen LogP contribution in [0, 0.1) is 5.92 Å². The first kappa shape index (κ1) is 17.5. The number of anilines is 1. The SMILES string of the molecule is CC(C)C1CN(C(=O)OC(C)(C)C)C(=O)N1c1ccnc(Cl)n1. The van der Waals surface area contributed by atoms with E-state index < -0.39 is 17.7 Å². The highest BCUT2D eigenvalue weighted by atomic mass is 35.5. The second kappa shape index (κ2) is 6.31. The van der Waals surface area contributed by atoms with Crippen molar-refractivity contribution in [2.75, 3.05) is 11.4 Å². The van der Waals surface area contributed by atoms with E-state index in [2.05, 4.69) is 9.97 Å². The first-order chi connectivity index (χ1) is 10.6. The highest BCUT2D eigenvalue weighted by Gasteiger charge is 2.44. The van der Waals surface area contributed by atoms with E-state index >= 15 is 0 Å². The highest BCUT2D eigenvalue weighted by molar-refractivity contribution is 6.28. The van der Waals surface area contributed by atoms with Crippen LogP contribution in [0.15, 0.2) is 12.3 Å². The number of hydrogen-bond acceptors (Lipinski definition) is 5. The molecule has 1 aromatic heterocycles. The van der Waals surface area contributed by atoms with Gasteiger partial charge in [0.05, 0.1) is 12.6 Å². The van der Waals surface area contributed by atoms with Crippen LogP contribution in [-0.4, -0.2) is 45.2 Å². The number of halogens is 1. The van der Waals surface area contributed by atoms with E-state index in [0.29, 0.717) is 5.82 Å². The molecule has 1 saturated heterocycles. The third-order valence-electron chi connectivity index (χ3n) is 3.38. The van der Waals surface area contributed by atoms with Crippen LogP contribution >= 0.6 is 11.6 Å². The monoisotopic (exact) mass is 340 g/mol. The fourth-order valence-corrected chi connectivity index (χ4v) is 2.47. The summed E-state index contributed by atoms with van der Waals surface area (Å²) in [5, 5.41) is 0.0496. The summed E-state index contributed by atoms with van der Waals surface area (Å²) in [6.45, 7) is 9.47. The Bertz CT molecular complexity index is 615. The van der Waals surface area contributed by atoms with Crippen molar-refractivity contribution in [3.05, 3.63) is 17.5 Å². The molecule has 0 radical (unpaired) electrons. The van der Waals surface area contributed by atoms with Crippen molar-refractivity contribution >= 4 is 29.5 Å². The number of rotatable bonds is 2. The Morgan fingerprint density at radius 2 is 2.09 bits per heavy atom. The summed E-state index contributed by atoms with van der Waals surface area (Å²) in [7, 11) is 0. The normalized spacial score (nSPS) is 18.7. The fourth-order valence-electron chi connectivity index (χ4n) is 2.33.